The molecule has 0 fully saturated rings. The molecule has 0 aliphatic carbocycles. The number of aromatic nitrogens is 3. The third-order valence-electron chi connectivity index (χ3n) is 3.59. The molecule has 8 heteroatoms. The van der Waals surface area contributed by atoms with E-state index in [0.717, 1.165) is 11.3 Å². The van der Waals surface area contributed by atoms with Gasteiger partial charge in [-0.05, 0) is 35.9 Å². The summed E-state index contributed by atoms with van der Waals surface area (Å²) in [6, 6.07) is 11.5. The first-order chi connectivity index (χ1) is 12.6. The van der Waals surface area contributed by atoms with Crippen LogP contribution >= 0.6 is 11.6 Å². The predicted octanol–water partition coefficient (Wildman–Crippen LogP) is 3.15. The minimum absolute atomic E-state index is 0.149. The third kappa shape index (κ3) is 4.80. The van der Waals surface area contributed by atoms with E-state index in [0.29, 0.717) is 12.3 Å². The zero-order valence-corrected chi connectivity index (χ0v) is 14.5. The molecule has 0 radical (unpaired) electrons. The van der Waals surface area contributed by atoms with Crippen molar-refractivity contribution in [3.05, 3.63) is 71.5 Å². The minimum atomic E-state index is -0.435. The lowest BCUT2D eigenvalue weighted by molar-refractivity contribution is -0.121. The fourth-order valence-electron chi connectivity index (χ4n) is 2.24. The van der Waals surface area contributed by atoms with E-state index >= 15 is 0 Å². The Morgan fingerprint density at radius 2 is 2.04 bits per heavy atom. The van der Waals surface area contributed by atoms with Crippen LogP contribution in [-0.4, -0.2) is 27.3 Å². The second kappa shape index (κ2) is 8.44. The molecule has 0 saturated heterocycles. The van der Waals surface area contributed by atoms with Gasteiger partial charge in [0.1, 0.15) is 24.2 Å². The summed E-state index contributed by atoms with van der Waals surface area (Å²) in [5.41, 5.74) is 1.85. The highest BCUT2D eigenvalue weighted by Crippen LogP contribution is 2.24. The largest absolute Gasteiger partial charge is 0.491 e. The molecule has 3 rings (SSSR count). The van der Waals surface area contributed by atoms with Crippen LogP contribution in [0, 0.1) is 5.82 Å². The van der Waals surface area contributed by atoms with Gasteiger partial charge in [-0.1, -0.05) is 23.7 Å². The number of benzene rings is 2. The number of carbonyl (C=O) groups excluding carboxylic acids is 1. The van der Waals surface area contributed by atoms with Gasteiger partial charge in [0.2, 0.25) is 5.91 Å². The monoisotopic (exact) mass is 374 g/mol. The van der Waals surface area contributed by atoms with E-state index in [2.05, 4.69) is 15.4 Å². The van der Waals surface area contributed by atoms with Crippen molar-refractivity contribution in [3.8, 4) is 11.4 Å². The van der Waals surface area contributed by atoms with Gasteiger partial charge in [0.15, 0.2) is 0 Å². The number of nitrogens with zero attached hydrogens (tertiary/aromatic N) is 3. The molecular formula is C18H16ClFN4O2. The Morgan fingerprint density at radius 1 is 1.23 bits per heavy atom. The summed E-state index contributed by atoms with van der Waals surface area (Å²) in [5, 5.41) is 7.05. The van der Waals surface area contributed by atoms with Crippen LogP contribution in [0.3, 0.4) is 0 Å². The normalized spacial score (nSPS) is 10.5. The number of hydrogen-bond acceptors (Lipinski definition) is 4. The highest BCUT2D eigenvalue weighted by Gasteiger charge is 2.06. The smallest absolute Gasteiger partial charge is 0.223 e. The van der Waals surface area contributed by atoms with Crippen LogP contribution in [0.25, 0.3) is 5.69 Å². The van der Waals surface area contributed by atoms with Crippen LogP contribution in [-0.2, 0) is 11.3 Å². The van der Waals surface area contributed by atoms with E-state index in [1.165, 1.54) is 24.5 Å². The van der Waals surface area contributed by atoms with Crippen molar-refractivity contribution in [2.75, 3.05) is 6.61 Å². The van der Waals surface area contributed by atoms with E-state index in [9.17, 15) is 9.18 Å². The van der Waals surface area contributed by atoms with Crippen LogP contribution < -0.4 is 10.1 Å². The quantitative estimate of drug-likeness (QED) is 0.689. The average molecular weight is 375 g/mol. The lowest BCUT2D eigenvalue weighted by Crippen LogP contribution is -2.24. The summed E-state index contributed by atoms with van der Waals surface area (Å²) in [7, 11) is 0. The van der Waals surface area contributed by atoms with Crippen molar-refractivity contribution in [3.63, 3.8) is 0 Å². The van der Waals surface area contributed by atoms with Gasteiger partial charge in [-0.2, -0.15) is 5.10 Å². The van der Waals surface area contributed by atoms with E-state index in [-0.39, 0.29) is 24.0 Å². The third-order valence-corrected chi connectivity index (χ3v) is 3.89. The summed E-state index contributed by atoms with van der Waals surface area (Å²) in [6.45, 7) is 0.566. The van der Waals surface area contributed by atoms with Gasteiger partial charge >= 0.3 is 0 Å². The van der Waals surface area contributed by atoms with E-state index in [1.807, 2.05) is 24.3 Å². The van der Waals surface area contributed by atoms with Crippen molar-refractivity contribution < 1.29 is 13.9 Å². The van der Waals surface area contributed by atoms with Gasteiger partial charge in [-0.3, -0.25) is 4.79 Å². The average Bonchev–Trinajstić information content (AvgIpc) is 3.17. The zero-order valence-electron chi connectivity index (χ0n) is 13.7. The summed E-state index contributed by atoms with van der Waals surface area (Å²) < 4.78 is 20.0. The fraction of sp³-hybridized carbons (Fsp3) is 0.167. The highest BCUT2D eigenvalue weighted by atomic mass is 35.5. The maximum absolute atomic E-state index is 13.0. The van der Waals surface area contributed by atoms with Crippen molar-refractivity contribution in [2.45, 2.75) is 13.0 Å². The number of amides is 1. The first-order valence-electron chi connectivity index (χ1n) is 7.90. The minimum Gasteiger partial charge on any atom is -0.491 e. The summed E-state index contributed by atoms with van der Waals surface area (Å²) in [4.78, 5) is 15.8. The molecule has 0 spiro atoms. The molecule has 2 aromatic carbocycles. The van der Waals surface area contributed by atoms with Crippen molar-refractivity contribution in [2.24, 2.45) is 0 Å². The van der Waals surface area contributed by atoms with Crippen molar-refractivity contribution in [1.29, 1.82) is 0 Å². The molecule has 6 nitrogen and oxygen atoms in total. The maximum atomic E-state index is 13.0. The number of halogens is 2. The van der Waals surface area contributed by atoms with Crippen molar-refractivity contribution >= 4 is 17.5 Å². The fourth-order valence-corrected chi connectivity index (χ4v) is 2.46. The number of hydrogen-bond donors (Lipinski definition) is 1. The number of nitrogens with one attached hydrogen (secondary N) is 1. The SMILES string of the molecule is O=C(CCOc1ccc(F)cc1Cl)NCc1ccc(-n2cncn2)cc1. The summed E-state index contributed by atoms with van der Waals surface area (Å²) >= 11 is 5.86. The van der Waals surface area contributed by atoms with Gasteiger partial charge in [-0.15, -0.1) is 0 Å². The maximum Gasteiger partial charge on any atom is 0.223 e. The van der Waals surface area contributed by atoms with Gasteiger partial charge in [0.25, 0.3) is 0 Å². The molecule has 1 aromatic heterocycles. The Bertz CT molecular complexity index is 869. The Morgan fingerprint density at radius 3 is 2.73 bits per heavy atom. The number of carbonyl (C=O) groups is 1. The van der Waals surface area contributed by atoms with Gasteiger partial charge in [0.05, 0.1) is 23.7 Å². The van der Waals surface area contributed by atoms with E-state index in [1.54, 1.807) is 11.0 Å². The molecule has 0 aliphatic rings. The highest BCUT2D eigenvalue weighted by molar-refractivity contribution is 6.32. The second-order valence-electron chi connectivity index (χ2n) is 5.46. The van der Waals surface area contributed by atoms with Crippen LogP contribution in [0.15, 0.2) is 55.1 Å². The lowest BCUT2D eigenvalue weighted by Gasteiger charge is -2.09. The molecule has 0 bridgehead atoms. The molecule has 26 heavy (non-hydrogen) atoms. The predicted molar refractivity (Wildman–Crippen MR) is 94.7 cm³/mol. The van der Waals surface area contributed by atoms with Crippen LogP contribution in [0.4, 0.5) is 4.39 Å². The molecule has 1 heterocycles. The Hall–Kier alpha value is -2.93. The summed E-state index contributed by atoms with van der Waals surface area (Å²) in [5.74, 6) is -0.233. The van der Waals surface area contributed by atoms with Gasteiger partial charge < -0.3 is 10.1 Å². The molecule has 3 aromatic rings. The summed E-state index contributed by atoms with van der Waals surface area (Å²) in [6.07, 6.45) is 3.25. The molecular weight excluding hydrogens is 359 g/mol. The van der Waals surface area contributed by atoms with Crippen LogP contribution in [0.5, 0.6) is 5.75 Å². The second-order valence-corrected chi connectivity index (χ2v) is 5.86. The molecule has 0 saturated carbocycles. The molecule has 0 unspecified atom stereocenters. The standard InChI is InChI=1S/C18H16ClFN4O2/c19-16-9-14(20)3-6-17(16)26-8-7-18(25)22-10-13-1-4-15(5-2-13)24-12-21-11-23-24/h1-6,9,11-12H,7-8,10H2,(H,22,25). The van der Waals surface area contributed by atoms with Crippen molar-refractivity contribution in [1.82, 2.24) is 20.1 Å². The molecule has 134 valence electrons. The van der Waals surface area contributed by atoms with Gasteiger partial charge in [-0.25, -0.2) is 14.1 Å². The Labute approximate surface area is 154 Å². The number of rotatable bonds is 7. The number of ether oxygens (including phenoxy) is 1. The Kier molecular flexibility index (Phi) is 5.80. The van der Waals surface area contributed by atoms with Gasteiger partial charge in [0, 0.05) is 6.54 Å². The first-order valence-corrected chi connectivity index (χ1v) is 8.28. The topological polar surface area (TPSA) is 69.0 Å². The van der Waals surface area contributed by atoms with Crippen LogP contribution in [0.2, 0.25) is 5.02 Å². The van der Waals surface area contributed by atoms with E-state index in [4.69, 9.17) is 16.3 Å². The zero-order chi connectivity index (χ0) is 18.4. The Balaban J connectivity index is 1.42. The molecule has 1 N–H and O–H groups in total. The van der Waals surface area contributed by atoms with E-state index < -0.39 is 5.82 Å². The molecule has 0 atom stereocenters. The first kappa shape index (κ1) is 17.9. The molecule has 1 amide bonds. The lowest BCUT2D eigenvalue weighted by atomic mass is 10.2. The molecule has 0 aliphatic heterocycles. The van der Waals surface area contributed by atoms with Crippen LogP contribution in [0.1, 0.15) is 12.0 Å².